The molecule has 2 aromatic rings. The molecule has 0 aromatic heterocycles. The van der Waals surface area contributed by atoms with Crippen molar-refractivity contribution in [2.24, 2.45) is 5.11 Å². The molecule has 19 heavy (non-hydrogen) atoms. The fraction of sp³-hybridized carbons (Fsp3) is 0.286. The van der Waals surface area contributed by atoms with Gasteiger partial charge in [0.1, 0.15) is 11.4 Å². The van der Waals surface area contributed by atoms with Gasteiger partial charge in [0.2, 0.25) is 6.54 Å². The number of anilines is 1. The summed E-state index contributed by atoms with van der Waals surface area (Å²) in [5, 5.41) is 7.07. The summed E-state index contributed by atoms with van der Waals surface area (Å²) in [6.45, 7) is 1.83. The van der Waals surface area contributed by atoms with Crippen molar-refractivity contribution in [1.82, 2.24) is 4.90 Å². The topological polar surface area (TPSA) is 30.6 Å². The van der Waals surface area contributed by atoms with Crippen LogP contribution in [0.5, 0.6) is 0 Å². The van der Waals surface area contributed by atoms with Crippen LogP contribution in [-0.4, -0.2) is 36.9 Å². The third-order valence-corrected chi connectivity index (χ3v) is 3.12. The lowest BCUT2D eigenvalue weighted by Crippen LogP contribution is -2.28. The SMILES string of the molecule is CN(C)CC[N+]1=Nc2cccc3cccc(c23)N1.Cl. The molecule has 1 aliphatic heterocycles. The van der Waals surface area contributed by atoms with Crippen molar-refractivity contribution in [1.29, 1.82) is 0 Å². The molecule has 1 aliphatic rings. The van der Waals surface area contributed by atoms with E-state index in [1.165, 1.54) is 10.8 Å². The minimum Gasteiger partial charge on any atom is -0.303 e. The van der Waals surface area contributed by atoms with Gasteiger partial charge in [-0.3, -0.25) is 0 Å². The number of benzene rings is 2. The third-order valence-electron chi connectivity index (χ3n) is 3.12. The Hall–Kier alpha value is -1.65. The summed E-state index contributed by atoms with van der Waals surface area (Å²) in [7, 11) is 4.14. The Morgan fingerprint density at radius 3 is 2.63 bits per heavy atom. The number of hydrogen-bond acceptors (Lipinski definition) is 3. The number of hydrogen-bond donors (Lipinski definition) is 1. The summed E-state index contributed by atoms with van der Waals surface area (Å²) in [4.78, 5) is 4.06. The lowest BCUT2D eigenvalue weighted by molar-refractivity contribution is -0.561. The number of nitrogens with one attached hydrogen (secondary N) is 1. The quantitative estimate of drug-likeness (QED) is 0.873. The van der Waals surface area contributed by atoms with Crippen molar-refractivity contribution in [2.45, 2.75) is 0 Å². The van der Waals surface area contributed by atoms with Crippen molar-refractivity contribution < 1.29 is 4.81 Å². The molecule has 0 atom stereocenters. The van der Waals surface area contributed by atoms with Gasteiger partial charge in [-0.15, -0.1) is 17.8 Å². The minimum atomic E-state index is 0. The predicted octanol–water partition coefficient (Wildman–Crippen LogP) is 3.26. The molecule has 4 nitrogen and oxygen atoms in total. The molecule has 0 aliphatic carbocycles. The number of azo groups is 1. The molecule has 3 rings (SSSR count). The minimum absolute atomic E-state index is 0. The first-order valence-electron chi connectivity index (χ1n) is 6.16. The summed E-state index contributed by atoms with van der Waals surface area (Å²) in [6, 6.07) is 12.5. The van der Waals surface area contributed by atoms with Crippen LogP contribution in [0.2, 0.25) is 0 Å². The standard InChI is InChI=1S/C14H17N4.ClH/c1-17(2)9-10-18-15-12-7-3-5-11-6-4-8-13(16-18)14(11)12;/h3-8H,9-10H2,1-2H3,(H,15,16);1H/q+1;. The first-order valence-corrected chi connectivity index (χ1v) is 6.16. The van der Waals surface area contributed by atoms with Crippen molar-refractivity contribution >= 4 is 34.6 Å². The monoisotopic (exact) mass is 277 g/mol. The van der Waals surface area contributed by atoms with Crippen LogP contribution in [0.1, 0.15) is 0 Å². The van der Waals surface area contributed by atoms with Gasteiger partial charge >= 0.3 is 0 Å². The first-order chi connectivity index (χ1) is 8.74. The van der Waals surface area contributed by atoms with E-state index < -0.39 is 0 Å². The maximum absolute atomic E-state index is 4.63. The predicted molar refractivity (Wildman–Crippen MR) is 80.6 cm³/mol. The van der Waals surface area contributed by atoms with Crippen molar-refractivity contribution in [3.63, 3.8) is 0 Å². The van der Waals surface area contributed by atoms with Crippen LogP contribution in [0.3, 0.4) is 0 Å². The highest BCUT2D eigenvalue weighted by atomic mass is 35.5. The second-order valence-corrected chi connectivity index (χ2v) is 4.82. The van der Waals surface area contributed by atoms with Crippen LogP contribution < -0.4 is 5.43 Å². The summed E-state index contributed by atoms with van der Waals surface area (Å²) in [6.07, 6.45) is 0. The smallest absolute Gasteiger partial charge is 0.213 e. The molecule has 0 unspecified atom stereocenters. The van der Waals surface area contributed by atoms with Crippen molar-refractivity contribution in [2.75, 3.05) is 32.6 Å². The Labute approximate surface area is 119 Å². The van der Waals surface area contributed by atoms with Gasteiger partial charge in [0.25, 0.3) is 0 Å². The highest BCUT2D eigenvalue weighted by Gasteiger charge is 2.19. The Bertz CT molecular complexity index is 617. The molecule has 0 fully saturated rings. The molecule has 5 heteroatoms. The first kappa shape index (κ1) is 13.8. The normalized spacial score (nSPS) is 12.9. The largest absolute Gasteiger partial charge is 0.303 e. The Kier molecular flexibility index (Phi) is 4.02. The van der Waals surface area contributed by atoms with Crippen LogP contribution in [0.4, 0.5) is 11.4 Å². The summed E-state index contributed by atoms with van der Waals surface area (Å²) in [5.41, 5.74) is 5.53. The lowest BCUT2D eigenvalue weighted by atomic mass is 10.1. The molecule has 1 heterocycles. The molecule has 100 valence electrons. The molecule has 0 spiro atoms. The lowest BCUT2D eigenvalue weighted by Gasteiger charge is -2.13. The molecular formula is C14H18ClN4+. The van der Waals surface area contributed by atoms with Gasteiger partial charge in [-0.25, -0.2) is 0 Å². The van der Waals surface area contributed by atoms with E-state index in [0.29, 0.717) is 0 Å². The van der Waals surface area contributed by atoms with E-state index >= 15 is 0 Å². The molecule has 0 saturated carbocycles. The average Bonchev–Trinajstić information content (AvgIpc) is 2.37. The molecule has 1 N–H and O–H groups in total. The maximum Gasteiger partial charge on any atom is 0.213 e. The van der Waals surface area contributed by atoms with E-state index in [-0.39, 0.29) is 12.4 Å². The second-order valence-electron chi connectivity index (χ2n) is 4.82. The second kappa shape index (κ2) is 5.55. The molecule has 0 amide bonds. The zero-order chi connectivity index (χ0) is 12.5. The van der Waals surface area contributed by atoms with Crippen molar-refractivity contribution in [3.8, 4) is 0 Å². The fourth-order valence-electron chi connectivity index (χ4n) is 2.19. The van der Waals surface area contributed by atoms with E-state index in [1.807, 2.05) is 4.81 Å². The highest BCUT2D eigenvalue weighted by Crippen LogP contribution is 2.35. The van der Waals surface area contributed by atoms with E-state index in [0.717, 1.165) is 24.5 Å². The van der Waals surface area contributed by atoms with Crippen LogP contribution in [-0.2, 0) is 0 Å². The number of hydrazine groups is 1. The number of nitrogens with zero attached hydrogens (tertiary/aromatic N) is 3. The van der Waals surface area contributed by atoms with E-state index in [4.69, 9.17) is 0 Å². The number of likely N-dealkylation sites (N-methyl/N-ethyl adjacent to an activating group) is 1. The maximum atomic E-state index is 4.63. The van der Waals surface area contributed by atoms with Gasteiger partial charge in [0.15, 0.2) is 0 Å². The van der Waals surface area contributed by atoms with Gasteiger partial charge < -0.3 is 4.90 Å². The zero-order valence-corrected chi connectivity index (χ0v) is 11.9. The van der Waals surface area contributed by atoms with Gasteiger partial charge in [0.05, 0.1) is 6.54 Å². The summed E-state index contributed by atoms with van der Waals surface area (Å²) in [5.74, 6) is 0. The van der Waals surface area contributed by atoms with E-state index in [1.54, 1.807) is 0 Å². The number of halogens is 1. The van der Waals surface area contributed by atoms with Crippen LogP contribution >= 0.6 is 12.4 Å². The molecular weight excluding hydrogens is 260 g/mol. The zero-order valence-electron chi connectivity index (χ0n) is 11.1. The van der Waals surface area contributed by atoms with Gasteiger partial charge in [-0.2, -0.15) is 0 Å². The average molecular weight is 278 g/mol. The highest BCUT2D eigenvalue weighted by molar-refractivity contribution is 6.01. The molecule has 0 saturated heterocycles. The van der Waals surface area contributed by atoms with Gasteiger partial charge in [-0.05, 0) is 36.4 Å². The van der Waals surface area contributed by atoms with Crippen LogP contribution in [0.15, 0.2) is 41.5 Å². The van der Waals surface area contributed by atoms with Gasteiger partial charge in [0, 0.05) is 10.5 Å². The van der Waals surface area contributed by atoms with Gasteiger partial charge in [-0.1, -0.05) is 24.3 Å². The van der Waals surface area contributed by atoms with E-state index in [2.05, 4.69) is 65.9 Å². The van der Waals surface area contributed by atoms with Crippen LogP contribution in [0, 0.1) is 0 Å². The molecule has 2 aromatic carbocycles. The Morgan fingerprint density at radius 1 is 1.16 bits per heavy atom. The Balaban J connectivity index is 0.00000133. The van der Waals surface area contributed by atoms with Crippen LogP contribution in [0.25, 0.3) is 10.8 Å². The summed E-state index contributed by atoms with van der Waals surface area (Å²) < 4.78 is 0. The van der Waals surface area contributed by atoms with E-state index in [9.17, 15) is 0 Å². The third kappa shape index (κ3) is 2.69. The molecule has 0 bridgehead atoms. The van der Waals surface area contributed by atoms with Crippen molar-refractivity contribution in [3.05, 3.63) is 36.4 Å². The number of rotatable bonds is 3. The summed E-state index contributed by atoms with van der Waals surface area (Å²) >= 11 is 0. The molecule has 0 radical (unpaired) electrons. The fourth-order valence-corrected chi connectivity index (χ4v) is 2.19. The Morgan fingerprint density at radius 2 is 1.89 bits per heavy atom.